The van der Waals surface area contributed by atoms with E-state index >= 15 is 0 Å². The molecule has 12 aliphatic rings. The van der Waals surface area contributed by atoms with Crippen molar-refractivity contribution in [1.29, 1.82) is 0 Å². The fourth-order valence-electron chi connectivity index (χ4n) is 22.1. The topological polar surface area (TPSA) is 90.2 Å². The van der Waals surface area contributed by atoms with Gasteiger partial charge in [0.25, 0.3) is 0 Å². The van der Waals surface area contributed by atoms with E-state index in [0.29, 0.717) is 29.6 Å². The van der Waals surface area contributed by atoms with Gasteiger partial charge in [0.15, 0.2) is 18.9 Å². The van der Waals surface area contributed by atoms with Crippen molar-refractivity contribution in [3.63, 3.8) is 0 Å². The van der Waals surface area contributed by atoms with Crippen molar-refractivity contribution < 1.29 is 25.2 Å². The van der Waals surface area contributed by atoms with Crippen molar-refractivity contribution in [2.45, 2.75) is 211 Å². The van der Waals surface area contributed by atoms with Crippen molar-refractivity contribution in [1.82, 2.24) is 0 Å². The predicted octanol–water partition coefficient (Wildman–Crippen LogP) is 11.5. The Morgan fingerprint density at radius 2 is 0.712 bits per heavy atom. The number of aliphatic hydroxyl groups is 4. The Hall–Kier alpha value is -0.200. The summed E-state index contributed by atoms with van der Waals surface area (Å²) in [5.41, 5.74) is -1.52. The van der Waals surface area contributed by atoms with Gasteiger partial charge in [0, 0.05) is 16.7 Å². The van der Waals surface area contributed by atoms with Gasteiger partial charge in [0.1, 0.15) is 0 Å². The second-order valence-corrected chi connectivity index (χ2v) is 25.4. The summed E-state index contributed by atoms with van der Waals surface area (Å²) in [6.07, 6.45) is 34.7. The Bertz CT molecular complexity index is 1500. The summed E-state index contributed by atoms with van der Waals surface area (Å²) in [5, 5.41) is 49.2. The quantitative estimate of drug-likeness (QED) is 0.201. The zero-order valence-electron chi connectivity index (χ0n) is 37.1. The monoisotopic (exact) mass is 815 g/mol. The molecular weight excluding hydrogens is 729 g/mol. The highest BCUT2D eigenvalue weighted by atomic mass is 16.7. The fraction of sp³-hybridized carbons (Fsp3) is 1.00. The molecule has 12 fully saturated rings. The number of ether oxygens (including phenoxy) is 1. The van der Waals surface area contributed by atoms with E-state index in [2.05, 4.69) is 0 Å². The van der Waals surface area contributed by atoms with Crippen LogP contribution in [0.5, 0.6) is 0 Å². The molecule has 0 aliphatic heterocycles. The van der Waals surface area contributed by atoms with E-state index in [-0.39, 0.29) is 5.92 Å². The third-order valence-corrected chi connectivity index (χ3v) is 24.4. The molecule has 12 rings (SSSR count). The summed E-state index contributed by atoms with van der Waals surface area (Å²) in [4.78, 5) is 0. The third kappa shape index (κ3) is 6.39. The van der Waals surface area contributed by atoms with Crippen molar-refractivity contribution in [2.24, 2.45) is 123 Å². The molecule has 5 nitrogen and oxygen atoms in total. The van der Waals surface area contributed by atoms with E-state index in [0.717, 1.165) is 128 Å². The lowest BCUT2D eigenvalue weighted by Crippen LogP contribution is -2.63. The largest absolute Gasteiger partial charge is 0.368 e. The smallest absolute Gasteiger partial charge is 0.164 e. The zero-order valence-corrected chi connectivity index (χ0v) is 37.1. The molecule has 0 aromatic rings. The minimum Gasteiger partial charge on any atom is -0.368 e. The SMILES string of the molecule is OC(OC(O)C1(C2(C(O)O)CCC3C(CCC4C5CCCC5CCC34)C2)CCC2C(CCC3C4CCCC4CCC23)C1)C1CC[C@H]2C(CC[C@H]3[C@@H]4CCC[C@H]4CC[C@@H]32)C1. The van der Waals surface area contributed by atoms with Gasteiger partial charge in [0.2, 0.25) is 0 Å². The van der Waals surface area contributed by atoms with E-state index in [1.165, 1.54) is 141 Å². The number of aliphatic hydroxyl groups excluding tert-OH is 3. The second kappa shape index (κ2) is 15.8. The van der Waals surface area contributed by atoms with Crippen LogP contribution in [0.25, 0.3) is 0 Å². The molecule has 0 aromatic heterocycles. The van der Waals surface area contributed by atoms with E-state index in [9.17, 15) is 20.4 Å². The minimum atomic E-state index is -1.47. The molecule has 18 unspecified atom stereocenters. The molecule has 12 aliphatic carbocycles. The van der Waals surface area contributed by atoms with Crippen LogP contribution in [0, 0.1) is 123 Å². The van der Waals surface area contributed by atoms with Crippen LogP contribution in [0.1, 0.15) is 193 Å². The van der Waals surface area contributed by atoms with E-state index in [1.54, 1.807) is 0 Å². The first-order chi connectivity index (χ1) is 28.8. The first kappa shape index (κ1) is 40.3. The molecule has 332 valence electrons. The van der Waals surface area contributed by atoms with Gasteiger partial charge in [-0.1, -0.05) is 38.5 Å². The van der Waals surface area contributed by atoms with Crippen LogP contribution in [0.2, 0.25) is 0 Å². The van der Waals surface area contributed by atoms with Crippen molar-refractivity contribution >= 4 is 0 Å². The van der Waals surface area contributed by atoms with Crippen LogP contribution in [0.4, 0.5) is 0 Å². The minimum absolute atomic E-state index is 0.0717. The van der Waals surface area contributed by atoms with Crippen LogP contribution in [-0.4, -0.2) is 39.3 Å². The molecule has 0 heterocycles. The molecule has 0 saturated heterocycles. The van der Waals surface area contributed by atoms with Gasteiger partial charge in [-0.2, -0.15) is 0 Å². The zero-order chi connectivity index (χ0) is 39.6. The molecular formula is C54H86O5. The van der Waals surface area contributed by atoms with Crippen LogP contribution >= 0.6 is 0 Å². The van der Waals surface area contributed by atoms with Crippen LogP contribution < -0.4 is 0 Å². The molecule has 4 N–H and O–H groups in total. The van der Waals surface area contributed by atoms with Crippen LogP contribution in [0.15, 0.2) is 0 Å². The lowest BCUT2D eigenvalue weighted by atomic mass is 9.42. The molecule has 0 radical (unpaired) electrons. The van der Waals surface area contributed by atoms with Gasteiger partial charge in [-0.3, -0.25) is 0 Å². The number of hydrogen-bond donors (Lipinski definition) is 4. The van der Waals surface area contributed by atoms with Crippen molar-refractivity contribution in [3.05, 3.63) is 0 Å². The number of rotatable bonds is 6. The summed E-state index contributed by atoms with van der Waals surface area (Å²) in [6.45, 7) is 0. The Morgan fingerprint density at radius 1 is 0.339 bits per heavy atom. The van der Waals surface area contributed by atoms with Gasteiger partial charge < -0.3 is 25.2 Å². The number of fused-ring (bicyclic) bond motifs is 15. The fourth-order valence-corrected chi connectivity index (χ4v) is 22.1. The Balaban J connectivity index is 0.801. The maximum absolute atomic E-state index is 13.0. The van der Waals surface area contributed by atoms with E-state index < -0.39 is 29.7 Å². The maximum Gasteiger partial charge on any atom is 0.164 e. The standard InChI is InChI=1S/C54H86O5/c55-50(35-14-17-41-34(28-35)13-21-44-38-7-1-4-31(38)10-18-47(41)44)59-52(58)54(27-25-43-37(30-54)16-23-46-40-9-3-6-33(40)12-20-49(43)46)53(51(56)57)26-24-42-36(29-53)15-22-45-39-8-2-5-32(39)11-19-48(42)45/h31-52,55-58H,1-30H2/t31-,32?,33?,34?,35?,36?,37?,38+,39?,40?,41-,42?,43?,44-,45?,46?,47+,48?,49?,50?,52?,53?,54?/m0/s1. The number of hydrogen-bond acceptors (Lipinski definition) is 5. The summed E-state index contributed by atoms with van der Waals surface area (Å²) in [7, 11) is 0. The predicted molar refractivity (Wildman–Crippen MR) is 231 cm³/mol. The lowest BCUT2D eigenvalue weighted by molar-refractivity contribution is -0.339. The van der Waals surface area contributed by atoms with E-state index in [4.69, 9.17) is 4.74 Å². The van der Waals surface area contributed by atoms with Crippen molar-refractivity contribution in [2.75, 3.05) is 0 Å². The lowest BCUT2D eigenvalue weighted by Gasteiger charge is -2.64. The average Bonchev–Trinajstić information content (AvgIpc) is 4.07. The highest BCUT2D eigenvalue weighted by molar-refractivity contribution is 5.12. The van der Waals surface area contributed by atoms with Crippen LogP contribution in [-0.2, 0) is 4.74 Å². The van der Waals surface area contributed by atoms with Crippen LogP contribution in [0.3, 0.4) is 0 Å². The summed E-state index contributed by atoms with van der Waals surface area (Å²) >= 11 is 0. The highest BCUT2D eigenvalue weighted by Gasteiger charge is 2.66. The average molecular weight is 815 g/mol. The highest BCUT2D eigenvalue weighted by Crippen LogP contribution is 2.70. The molecule has 23 atom stereocenters. The Morgan fingerprint density at radius 3 is 1.19 bits per heavy atom. The first-order valence-corrected chi connectivity index (χ1v) is 27.2. The normalized spacial score (nSPS) is 56.2. The summed E-state index contributed by atoms with van der Waals surface area (Å²) < 4.78 is 6.81. The van der Waals surface area contributed by atoms with Crippen molar-refractivity contribution in [3.8, 4) is 0 Å². The molecule has 5 heteroatoms. The maximum atomic E-state index is 13.0. The summed E-state index contributed by atoms with van der Waals surface area (Å²) in [5.74, 6) is 15.1. The van der Waals surface area contributed by atoms with Gasteiger partial charge in [0.05, 0.1) is 0 Å². The van der Waals surface area contributed by atoms with Gasteiger partial charge in [-0.15, -0.1) is 0 Å². The molecule has 0 spiro atoms. The molecule has 59 heavy (non-hydrogen) atoms. The Labute approximate surface area is 358 Å². The van der Waals surface area contributed by atoms with E-state index in [1.807, 2.05) is 0 Å². The van der Waals surface area contributed by atoms with Gasteiger partial charge in [-0.05, 0) is 261 Å². The second-order valence-electron chi connectivity index (χ2n) is 25.4. The van der Waals surface area contributed by atoms with Gasteiger partial charge in [-0.25, -0.2) is 0 Å². The Kier molecular flexibility index (Phi) is 10.8. The van der Waals surface area contributed by atoms with Gasteiger partial charge >= 0.3 is 0 Å². The third-order valence-electron chi connectivity index (χ3n) is 24.4. The first-order valence-electron chi connectivity index (χ1n) is 27.2. The molecule has 12 saturated carbocycles. The molecule has 0 bridgehead atoms. The molecule has 0 aromatic carbocycles. The molecule has 0 amide bonds. The summed E-state index contributed by atoms with van der Waals surface area (Å²) in [6, 6.07) is 0.